The molecule has 2 aromatic rings. The quantitative estimate of drug-likeness (QED) is 0.890. The molecule has 3 heteroatoms. The molecule has 0 bridgehead atoms. The fraction of sp³-hybridized carbons (Fsp3) is 0.235. The first kappa shape index (κ1) is 14.1. The van der Waals surface area contributed by atoms with E-state index in [0.29, 0.717) is 12.5 Å². The number of carboxylic acids is 1. The second-order valence-electron chi connectivity index (χ2n) is 5.02. The van der Waals surface area contributed by atoms with Crippen molar-refractivity contribution in [1.82, 2.24) is 0 Å². The van der Waals surface area contributed by atoms with Gasteiger partial charge in [-0.1, -0.05) is 38.1 Å². The topological polar surface area (TPSA) is 46.5 Å². The number of carboxylic acid groups (broad SMARTS) is 1. The van der Waals surface area contributed by atoms with E-state index in [1.807, 2.05) is 18.2 Å². The van der Waals surface area contributed by atoms with Crippen LogP contribution in [0.25, 0.3) is 0 Å². The summed E-state index contributed by atoms with van der Waals surface area (Å²) in [5, 5.41) is 8.83. The van der Waals surface area contributed by atoms with E-state index in [2.05, 4.69) is 19.9 Å². The van der Waals surface area contributed by atoms with Gasteiger partial charge in [0.1, 0.15) is 12.4 Å². The van der Waals surface area contributed by atoms with Crippen molar-refractivity contribution >= 4 is 5.97 Å². The predicted molar refractivity (Wildman–Crippen MR) is 78.3 cm³/mol. The van der Waals surface area contributed by atoms with E-state index < -0.39 is 5.97 Å². The monoisotopic (exact) mass is 270 g/mol. The molecule has 0 unspecified atom stereocenters. The van der Waals surface area contributed by atoms with Crippen molar-refractivity contribution in [2.24, 2.45) is 0 Å². The van der Waals surface area contributed by atoms with Gasteiger partial charge in [0.15, 0.2) is 0 Å². The van der Waals surface area contributed by atoms with Crippen molar-refractivity contribution in [2.75, 3.05) is 0 Å². The number of hydrogen-bond acceptors (Lipinski definition) is 2. The minimum Gasteiger partial charge on any atom is -0.489 e. The number of carbonyl (C=O) groups is 1. The first-order valence-electron chi connectivity index (χ1n) is 6.61. The van der Waals surface area contributed by atoms with Crippen molar-refractivity contribution in [3.8, 4) is 5.75 Å². The van der Waals surface area contributed by atoms with Gasteiger partial charge < -0.3 is 9.84 Å². The van der Waals surface area contributed by atoms with Crippen molar-refractivity contribution in [3.05, 3.63) is 65.2 Å². The van der Waals surface area contributed by atoms with E-state index in [0.717, 1.165) is 11.3 Å². The van der Waals surface area contributed by atoms with E-state index in [1.54, 1.807) is 24.3 Å². The Kier molecular flexibility index (Phi) is 4.41. The SMILES string of the molecule is CC(C)c1cccc(OCc2ccc(C(=O)O)cc2)c1. The van der Waals surface area contributed by atoms with Crippen molar-refractivity contribution in [2.45, 2.75) is 26.4 Å². The molecule has 0 saturated heterocycles. The van der Waals surface area contributed by atoms with Gasteiger partial charge in [-0.25, -0.2) is 4.79 Å². The molecule has 0 amide bonds. The first-order valence-corrected chi connectivity index (χ1v) is 6.61. The smallest absolute Gasteiger partial charge is 0.335 e. The van der Waals surface area contributed by atoms with E-state index in [-0.39, 0.29) is 5.56 Å². The molecule has 0 fully saturated rings. The minimum atomic E-state index is -0.915. The van der Waals surface area contributed by atoms with Crippen LogP contribution >= 0.6 is 0 Å². The molecule has 0 heterocycles. The van der Waals surface area contributed by atoms with Gasteiger partial charge in [-0.05, 0) is 41.3 Å². The Morgan fingerprint density at radius 2 is 1.85 bits per heavy atom. The van der Waals surface area contributed by atoms with Crippen LogP contribution in [0.15, 0.2) is 48.5 Å². The first-order chi connectivity index (χ1) is 9.56. The standard InChI is InChI=1S/C17H18O3/c1-12(2)15-4-3-5-16(10-15)20-11-13-6-8-14(9-7-13)17(18)19/h3-10,12H,11H2,1-2H3,(H,18,19). The molecule has 0 aromatic heterocycles. The van der Waals surface area contributed by atoms with Crippen LogP contribution in [0.3, 0.4) is 0 Å². The summed E-state index contributed by atoms with van der Waals surface area (Å²) in [6.45, 7) is 4.72. The highest BCUT2D eigenvalue weighted by molar-refractivity contribution is 5.87. The summed E-state index contributed by atoms with van der Waals surface area (Å²) in [7, 11) is 0. The Morgan fingerprint density at radius 3 is 2.45 bits per heavy atom. The van der Waals surface area contributed by atoms with Gasteiger partial charge in [0.25, 0.3) is 0 Å². The molecule has 1 N–H and O–H groups in total. The Bertz CT molecular complexity index is 585. The molecule has 3 nitrogen and oxygen atoms in total. The van der Waals surface area contributed by atoms with Crippen LogP contribution in [0.4, 0.5) is 0 Å². The second kappa shape index (κ2) is 6.24. The Morgan fingerprint density at radius 1 is 1.15 bits per heavy atom. The van der Waals surface area contributed by atoms with Crippen LogP contribution in [0.5, 0.6) is 5.75 Å². The lowest BCUT2D eigenvalue weighted by Crippen LogP contribution is -1.99. The number of rotatable bonds is 5. The largest absolute Gasteiger partial charge is 0.489 e. The number of hydrogen-bond donors (Lipinski definition) is 1. The highest BCUT2D eigenvalue weighted by Gasteiger charge is 2.03. The maximum absolute atomic E-state index is 10.8. The maximum atomic E-state index is 10.8. The molecule has 2 rings (SSSR count). The molecule has 2 aromatic carbocycles. The van der Waals surface area contributed by atoms with Gasteiger partial charge in [0.2, 0.25) is 0 Å². The lowest BCUT2D eigenvalue weighted by atomic mass is 10.0. The van der Waals surface area contributed by atoms with Crippen molar-refractivity contribution in [1.29, 1.82) is 0 Å². The summed E-state index contributed by atoms with van der Waals surface area (Å²) in [5.74, 6) is 0.383. The normalized spacial score (nSPS) is 10.6. The number of benzene rings is 2. The Balaban J connectivity index is 2.01. The zero-order chi connectivity index (χ0) is 14.5. The van der Waals surface area contributed by atoms with E-state index in [4.69, 9.17) is 9.84 Å². The molecule has 0 aliphatic heterocycles. The third kappa shape index (κ3) is 3.60. The lowest BCUT2D eigenvalue weighted by molar-refractivity contribution is 0.0697. The maximum Gasteiger partial charge on any atom is 0.335 e. The predicted octanol–water partition coefficient (Wildman–Crippen LogP) is 4.09. The van der Waals surface area contributed by atoms with Gasteiger partial charge in [-0.15, -0.1) is 0 Å². The highest BCUT2D eigenvalue weighted by atomic mass is 16.5. The summed E-state index contributed by atoms with van der Waals surface area (Å²) >= 11 is 0. The van der Waals surface area contributed by atoms with Crippen molar-refractivity contribution < 1.29 is 14.6 Å². The van der Waals surface area contributed by atoms with E-state index in [1.165, 1.54) is 5.56 Å². The molecule has 0 radical (unpaired) electrons. The Hall–Kier alpha value is -2.29. The minimum absolute atomic E-state index is 0.288. The second-order valence-corrected chi connectivity index (χ2v) is 5.02. The molecule has 0 spiro atoms. The van der Waals surface area contributed by atoms with Crippen LogP contribution in [0, 0.1) is 0 Å². The molecular formula is C17H18O3. The average Bonchev–Trinajstić information content (AvgIpc) is 2.46. The van der Waals surface area contributed by atoms with Crippen LogP contribution < -0.4 is 4.74 Å². The molecule has 0 aliphatic carbocycles. The summed E-state index contributed by atoms with van der Waals surface area (Å²) in [6.07, 6.45) is 0. The molecule has 0 saturated carbocycles. The fourth-order valence-electron chi connectivity index (χ4n) is 1.87. The van der Waals surface area contributed by atoms with Crippen LogP contribution in [0.1, 0.15) is 41.3 Å². The summed E-state index contributed by atoms with van der Waals surface area (Å²) in [4.78, 5) is 10.8. The van der Waals surface area contributed by atoms with Gasteiger partial charge in [0, 0.05) is 0 Å². The molecule has 0 aliphatic rings. The molecule has 0 atom stereocenters. The summed E-state index contributed by atoms with van der Waals surface area (Å²) in [6, 6.07) is 14.8. The number of ether oxygens (including phenoxy) is 1. The molecule has 104 valence electrons. The average molecular weight is 270 g/mol. The summed E-state index contributed by atoms with van der Waals surface area (Å²) < 4.78 is 5.74. The van der Waals surface area contributed by atoms with Crippen LogP contribution in [-0.2, 0) is 6.61 Å². The van der Waals surface area contributed by atoms with Crippen molar-refractivity contribution in [3.63, 3.8) is 0 Å². The highest BCUT2D eigenvalue weighted by Crippen LogP contribution is 2.21. The lowest BCUT2D eigenvalue weighted by Gasteiger charge is -2.10. The van der Waals surface area contributed by atoms with Gasteiger partial charge in [0.05, 0.1) is 5.56 Å². The zero-order valence-corrected chi connectivity index (χ0v) is 11.7. The molecular weight excluding hydrogens is 252 g/mol. The third-order valence-electron chi connectivity index (χ3n) is 3.13. The third-order valence-corrected chi connectivity index (χ3v) is 3.13. The van der Waals surface area contributed by atoms with Crippen LogP contribution in [0.2, 0.25) is 0 Å². The van der Waals surface area contributed by atoms with E-state index in [9.17, 15) is 4.79 Å². The van der Waals surface area contributed by atoms with Gasteiger partial charge in [-0.2, -0.15) is 0 Å². The van der Waals surface area contributed by atoms with E-state index >= 15 is 0 Å². The Labute approximate surface area is 118 Å². The zero-order valence-electron chi connectivity index (χ0n) is 11.7. The fourth-order valence-corrected chi connectivity index (χ4v) is 1.87. The molecule has 20 heavy (non-hydrogen) atoms. The summed E-state index contributed by atoms with van der Waals surface area (Å²) in [5.41, 5.74) is 2.48. The van der Waals surface area contributed by atoms with Gasteiger partial charge >= 0.3 is 5.97 Å². The van der Waals surface area contributed by atoms with Gasteiger partial charge in [-0.3, -0.25) is 0 Å². The number of aromatic carboxylic acids is 1. The van der Waals surface area contributed by atoms with Crippen LogP contribution in [-0.4, -0.2) is 11.1 Å².